The van der Waals surface area contributed by atoms with Crippen LogP contribution in [0.2, 0.25) is 0 Å². The van der Waals surface area contributed by atoms with Gasteiger partial charge in [0.2, 0.25) is 0 Å². The number of benzene rings is 1. The molecule has 2 aromatic rings. The third-order valence-electron chi connectivity index (χ3n) is 4.09. The molecule has 94 valence electrons. The fourth-order valence-corrected chi connectivity index (χ4v) is 2.70. The van der Waals surface area contributed by atoms with Crippen LogP contribution in [-0.2, 0) is 6.42 Å². The zero-order valence-corrected chi connectivity index (χ0v) is 10.8. The predicted molar refractivity (Wildman–Crippen MR) is 73.4 cm³/mol. The third kappa shape index (κ3) is 2.13. The smallest absolute Gasteiger partial charge is 0.0728 e. The van der Waals surface area contributed by atoms with Gasteiger partial charge in [0.15, 0.2) is 0 Å². The van der Waals surface area contributed by atoms with Crippen molar-refractivity contribution >= 4 is 10.9 Å². The molecule has 2 nitrogen and oxygen atoms in total. The molecule has 0 amide bonds. The number of pyridine rings is 1. The molecule has 0 spiro atoms. The first-order chi connectivity index (χ1) is 8.71. The average molecular weight is 241 g/mol. The molecule has 1 aliphatic carbocycles. The average Bonchev–Trinajstić information content (AvgIpc) is 3.23. The van der Waals surface area contributed by atoms with E-state index < -0.39 is 5.60 Å². The van der Waals surface area contributed by atoms with Gasteiger partial charge in [-0.1, -0.05) is 31.2 Å². The van der Waals surface area contributed by atoms with Gasteiger partial charge in [-0.15, -0.1) is 0 Å². The van der Waals surface area contributed by atoms with E-state index in [4.69, 9.17) is 0 Å². The second kappa shape index (κ2) is 4.36. The summed E-state index contributed by atoms with van der Waals surface area (Å²) in [6, 6.07) is 12.3. The Morgan fingerprint density at radius 3 is 2.72 bits per heavy atom. The van der Waals surface area contributed by atoms with Crippen LogP contribution in [0.5, 0.6) is 0 Å². The summed E-state index contributed by atoms with van der Waals surface area (Å²) in [6.07, 6.45) is 3.82. The Hall–Kier alpha value is -1.41. The first-order valence-electron chi connectivity index (χ1n) is 6.78. The second-order valence-electron chi connectivity index (χ2n) is 5.40. The van der Waals surface area contributed by atoms with Gasteiger partial charge < -0.3 is 5.11 Å². The van der Waals surface area contributed by atoms with Crippen LogP contribution >= 0.6 is 0 Å². The summed E-state index contributed by atoms with van der Waals surface area (Å²) in [5.74, 6) is 0.482. The number of hydrogen-bond acceptors (Lipinski definition) is 2. The van der Waals surface area contributed by atoms with Crippen LogP contribution in [0.4, 0.5) is 0 Å². The normalized spacial score (nSPS) is 18.8. The van der Waals surface area contributed by atoms with Crippen molar-refractivity contribution in [2.24, 2.45) is 5.92 Å². The molecule has 0 aliphatic heterocycles. The fourth-order valence-electron chi connectivity index (χ4n) is 2.70. The number of aliphatic hydroxyl groups is 1. The lowest BCUT2D eigenvalue weighted by molar-refractivity contribution is 0.0131. The van der Waals surface area contributed by atoms with Crippen LogP contribution < -0.4 is 0 Å². The van der Waals surface area contributed by atoms with Crippen molar-refractivity contribution in [2.75, 3.05) is 0 Å². The van der Waals surface area contributed by atoms with E-state index in [0.717, 1.165) is 35.9 Å². The lowest BCUT2D eigenvalue weighted by atomic mass is 9.89. The van der Waals surface area contributed by atoms with Crippen molar-refractivity contribution in [3.05, 3.63) is 42.1 Å². The maximum Gasteiger partial charge on any atom is 0.0728 e. The lowest BCUT2D eigenvalue weighted by Crippen LogP contribution is -2.33. The Morgan fingerprint density at radius 1 is 1.22 bits per heavy atom. The van der Waals surface area contributed by atoms with E-state index >= 15 is 0 Å². The van der Waals surface area contributed by atoms with Crippen molar-refractivity contribution < 1.29 is 5.11 Å². The molecule has 1 aromatic heterocycles. The number of hydrogen-bond donors (Lipinski definition) is 1. The Morgan fingerprint density at radius 2 is 2.00 bits per heavy atom. The van der Waals surface area contributed by atoms with Crippen molar-refractivity contribution in [1.29, 1.82) is 0 Å². The highest BCUT2D eigenvalue weighted by molar-refractivity contribution is 5.78. The number of aromatic nitrogens is 1. The van der Waals surface area contributed by atoms with E-state index in [1.165, 1.54) is 0 Å². The standard InChI is InChI=1S/C16H19NO/c1-2-16(18,13-8-9-13)11-14-10-7-12-5-3-4-6-15(12)17-14/h3-7,10,13,18H,2,8-9,11H2,1H3. The highest BCUT2D eigenvalue weighted by Crippen LogP contribution is 2.43. The van der Waals surface area contributed by atoms with Crippen LogP contribution in [0.3, 0.4) is 0 Å². The quantitative estimate of drug-likeness (QED) is 0.890. The highest BCUT2D eigenvalue weighted by atomic mass is 16.3. The Bertz CT molecular complexity index is 562. The minimum absolute atomic E-state index is 0.482. The molecule has 1 atom stereocenters. The van der Waals surface area contributed by atoms with Gasteiger partial charge >= 0.3 is 0 Å². The van der Waals surface area contributed by atoms with Crippen LogP contribution in [0.1, 0.15) is 31.9 Å². The zero-order valence-electron chi connectivity index (χ0n) is 10.8. The number of nitrogens with zero attached hydrogens (tertiary/aromatic N) is 1. The van der Waals surface area contributed by atoms with E-state index in [2.05, 4.69) is 24.0 Å². The van der Waals surface area contributed by atoms with Gasteiger partial charge in [-0.05, 0) is 37.3 Å². The molecule has 1 fully saturated rings. The minimum atomic E-state index is -0.546. The summed E-state index contributed by atoms with van der Waals surface area (Å²) in [6.45, 7) is 2.07. The van der Waals surface area contributed by atoms with E-state index in [0.29, 0.717) is 12.3 Å². The summed E-state index contributed by atoms with van der Waals surface area (Å²) in [4.78, 5) is 4.66. The summed E-state index contributed by atoms with van der Waals surface area (Å²) < 4.78 is 0. The monoisotopic (exact) mass is 241 g/mol. The SMILES string of the molecule is CCC(O)(Cc1ccc2ccccc2n1)C1CC1. The number of fused-ring (bicyclic) bond motifs is 1. The van der Waals surface area contributed by atoms with Gasteiger partial charge in [-0.2, -0.15) is 0 Å². The van der Waals surface area contributed by atoms with Crippen molar-refractivity contribution in [1.82, 2.24) is 4.98 Å². The maximum atomic E-state index is 10.6. The maximum absolute atomic E-state index is 10.6. The fraction of sp³-hybridized carbons (Fsp3) is 0.438. The molecule has 0 radical (unpaired) electrons. The summed E-state index contributed by atoms with van der Waals surface area (Å²) in [5, 5.41) is 11.8. The molecule has 0 saturated heterocycles. The van der Waals surface area contributed by atoms with Crippen molar-refractivity contribution in [2.45, 2.75) is 38.2 Å². The van der Waals surface area contributed by atoms with Crippen LogP contribution in [0.25, 0.3) is 10.9 Å². The lowest BCUT2D eigenvalue weighted by Gasteiger charge is -2.26. The van der Waals surface area contributed by atoms with Gasteiger partial charge in [0.05, 0.1) is 11.1 Å². The summed E-state index contributed by atoms with van der Waals surface area (Å²) in [5.41, 5.74) is 1.48. The van der Waals surface area contributed by atoms with Crippen LogP contribution in [0, 0.1) is 5.92 Å². The molecule has 1 aliphatic rings. The molecule has 1 unspecified atom stereocenters. The van der Waals surface area contributed by atoms with E-state index in [-0.39, 0.29) is 0 Å². The van der Waals surface area contributed by atoms with E-state index in [9.17, 15) is 5.11 Å². The van der Waals surface area contributed by atoms with Crippen molar-refractivity contribution in [3.63, 3.8) is 0 Å². The Balaban J connectivity index is 1.90. The zero-order chi connectivity index (χ0) is 12.6. The molecule has 18 heavy (non-hydrogen) atoms. The molecule has 1 saturated carbocycles. The number of para-hydroxylation sites is 1. The van der Waals surface area contributed by atoms with Crippen LogP contribution in [-0.4, -0.2) is 15.7 Å². The highest BCUT2D eigenvalue weighted by Gasteiger charge is 2.42. The second-order valence-corrected chi connectivity index (χ2v) is 5.40. The Kier molecular flexibility index (Phi) is 2.83. The number of rotatable bonds is 4. The van der Waals surface area contributed by atoms with Gasteiger partial charge in [0.25, 0.3) is 0 Å². The molecule has 2 heteroatoms. The first-order valence-corrected chi connectivity index (χ1v) is 6.78. The van der Waals surface area contributed by atoms with Crippen LogP contribution in [0.15, 0.2) is 36.4 Å². The molecule has 3 rings (SSSR count). The van der Waals surface area contributed by atoms with Gasteiger partial charge in [0.1, 0.15) is 0 Å². The molecular formula is C16H19NO. The summed E-state index contributed by atoms with van der Waals surface area (Å²) >= 11 is 0. The largest absolute Gasteiger partial charge is 0.389 e. The minimum Gasteiger partial charge on any atom is -0.389 e. The first kappa shape index (κ1) is 11.7. The third-order valence-corrected chi connectivity index (χ3v) is 4.09. The molecule has 1 heterocycles. The van der Waals surface area contributed by atoms with E-state index in [1.807, 2.05) is 24.3 Å². The Labute approximate surface area is 108 Å². The molecule has 1 aromatic carbocycles. The molecule has 1 N–H and O–H groups in total. The van der Waals surface area contributed by atoms with Crippen molar-refractivity contribution in [3.8, 4) is 0 Å². The van der Waals surface area contributed by atoms with Gasteiger partial charge in [-0.3, -0.25) is 4.98 Å². The molecular weight excluding hydrogens is 222 g/mol. The molecule has 0 bridgehead atoms. The van der Waals surface area contributed by atoms with Gasteiger partial charge in [-0.25, -0.2) is 0 Å². The summed E-state index contributed by atoms with van der Waals surface area (Å²) in [7, 11) is 0. The van der Waals surface area contributed by atoms with Gasteiger partial charge in [0, 0.05) is 17.5 Å². The topological polar surface area (TPSA) is 33.1 Å². The predicted octanol–water partition coefficient (Wildman–Crippen LogP) is 3.33. The van der Waals surface area contributed by atoms with E-state index in [1.54, 1.807) is 0 Å².